The van der Waals surface area contributed by atoms with Crippen LogP contribution in [-0.2, 0) is 27.3 Å². The third-order valence-electron chi connectivity index (χ3n) is 8.85. The molecule has 2 fully saturated rings. The smallest absolute Gasteiger partial charge is 0.255 e. The van der Waals surface area contributed by atoms with Crippen molar-refractivity contribution in [3.8, 4) is 5.75 Å². The molecule has 11 heteroatoms. The summed E-state index contributed by atoms with van der Waals surface area (Å²) in [5.74, 6) is -6.39. The third kappa shape index (κ3) is 3.86. The van der Waals surface area contributed by atoms with Gasteiger partial charge in [-0.05, 0) is 70.4 Å². The lowest BCUT2D eigenvalue weighted by molar-refractivity contribution is -0.153. The number of rotatable bonds is 5. The van der Waals surface area contributed by atoms with E-state index in [9.17, 15) is 34.8 Å². The Morgan fingerprint density at radius 1 is 1.13 bits per heavy atom. The first-order valence-electron chi connectivity index (χ1n) is 13.2. The van der Waals surface area contributed by atoms with E-state index in [-0.39, 0.29) is 29.7 Å². The number of aliphatic hydroxyl groups is 3. The monoisotopic (exact) mass is 540 g/mol. The predicted molar refractivity (Wildman–Crippen MR) is 143 cm³/mol. The van der Waals surface area contributed by atoms with Gasteiger partial charge in [0, 0.05) is 43.4 Å². The predicted octanol–water partition coefficient (Wildman–Crippen LogP) is 0.626. The molecule has 0 aromatic heterocycles. The average molecular weight is 541 g/mol. The topological polar surface area (TPSA) is 168 Å². The van der Waals surface area contributed by atoms with Gasteiger partial charge in [0.15, 0.2) is 11.4 Å². The van der Waals surface area contributed by atoms with Gasteiger partial charge in [-0.25, -0.2) is 0 Å². The highest BCUT2D eigenvalue weighted by Gasteiger charge is 2.64. The molecule has 1 saturated heterocycles. The number of aromatic hydroxyl groups is 1. The number of Topliss-reactive ketones (excluding diaryl/α,β-unsaturated/α-hetero) is 2. The summed E-state index contributed by atoms with van der Waals surface area (Å²) >= 11 is 0. The lowest BCUT2D eigenvalue weighted by Crippen LogP contribution is -2.65. The Morgan fingerprint density at radius 3 is 2.33 bits per heavy atom. The van der Waals surface area contributed by atoms with Crippen molar-refractivity contribution in [3.63, 3.8) is 0 Å². The van der Waals surface area contributed by atoms with E-state index < -0.39 is 58.0 Å². The molecule has 1 amide bonds. The van der Waals surface area contributed by atoms with Crippen molar-refractivity contribution in [3.05, 3.63) is 39.7 Å². The molecular weight excluding hydrogens is 504 g/mol. The van der Waals surface area contributed by atoms with E-state index in [1.165, 1.54) is 4.90 Å². The van der Waals surface area contributed by atoms with Crippen LogP contribution in [0.2, 0.25) is 0 Å². The molecule has 3 aliphatic carbocycles. The van der Waals surface area contributed by atoms with Gasteiger partial charge in [0.25, 0.3) is 5.91 Å². The van der Waals surface area contributed by atoms with Gasteiger partial charge in [-0.3, -0.25) is 24.2 Å². The van der Waals surface area contributed by atoms with E-state index in [2.05, 4.69) is 4.90 Å². The number of fused-ring (bicyclic) bond motifs is 3. The van der Waals surface area contributed by atoms with Gasteiger partial charge in [-0.15, -0.1) is 0 Å². The maximum absolute atomic E-state index is 14.0. The molecular formula is C28H36N4O7. The van der Waals surface area contributed by atoms with Crippen LogP contribution in [0, 0.1) is 11.8 Å². The Labute approximate surface area is 226 Å². The summed E-state index contributed by atoms with van der Waals surface area (Å²) in [7, 11) is 6.89. The van der Waals surface area contributed by atoms with Crippen molar-refractivity contribution in [1.82, 2.24) is 9.80 Å². The van der Waals surface area contributed by atoms with Crippen molar-refractivity contribution in [1.29, 1.82) is 0 Å². The maximum atomic E-state index is 14.0. The van der Waals surface area contributed by atoms with Gasteiger partial charge in [-0.2, -0.15) is 0 Å². The molecule has 6 N–H and O–H groups in total. The molecule has 0 unspecified atom stereocenters. The summed E-state index contributed by atoms with van der Waals surface area (Å²) in [5.41, 5.74) is 3.98. The van der Waals surface area contributed by atoms with Crippen molar-refractivity contribution >= 4 is 28.9 Å². The minimum absolute atomic E-state index is 0.0644. The van der Waals surface area contributed by atoms with E-state index >= 15 is 0 Å². The Morgan fingerprint density at radius 2 is 1.77 bits per heavy atom. The Bertz CT molecular complexity index is 1340. The molecule has 39 heavy (non-hydrogen) atoms. The van der Waals surface area contributed by atoms with Crippen molar-refractivity contribution < 1.29 is 34.8 Å². The molecule has 1 heterocycles. The Hall–Kier alpha value is -3.41. The number of carbonyl (C=O) groups is 3. The highest BCUT2D eigenvalue weighted by atomic mass is 16.3. The Kier molecular flexibility index (Phi) is 6.52. The number of anilines is 1. The van der Waals surface area contributed by atoms with Crippen LogP contribution >= 0.6 is 0 Å². The largest absolute Gasteiger partial charge is 0.508 e. The van der Waals surface area contributed by atoms with Crippen LogP contribution in [0.3, 0.4) is 0 Å². The summed E-state index contributed by atoms with van der Waals surface area (Å²) in [6.07, 6.45) is 2.46. The molecule has 1 aromatic carbocycles. The fourth-order valence-corrected chi connectivity index (χ4v) is 7.05. The van der Waals surface area contributed by atoms with Crippen LogP contribution in [-0.4, -0.2) is 101 Å². The fraction of sp³-hybridized carbons (Fsp3) is 0.536. The molecule has 4 atom stereocenters. The maximum Gasteiger partial charge on any atom is 0.255 e. The van der Waals surface area contributed by atoms with Crippen molar-refractivity contribution in [2.24, 2.45) is 17.6 Å². The molecule has 11 nitrogen and oxygen atoms in total. The molecule has 4 aliphatic rings. The minimum atomic E-state index is -2.64. The first-order valence-corrected chi connectivity index (χ1v) is 13.2. The normalized spacial score (nSPS) is 29.0. The number of nitrogens with two attached hydrogens (primary N) is 1. The number of benzene rings is 1. The second-order valence-corrected chi connectivity index (χ2v) is 11.6. The number of hydrogen-bond acceptors (Lipinski definition) is 10. The Balaban J connectivity index is 1.71. The van der Waals surface area contributed by atoms with E-state index in [0.29, 0.717) is 17.7 Å². The number of carbonyl (C=O) groups excluding carboxylic acids is 3. The number of amides is 1. The molecule has 5 rings (SSSR count). The summed E-state index contributed by atoms with van der Waals surface area (Å²) in [6, 6.07) is 0.804. The van der Waals surface area contributed by atoms with Crippen LogP contribution in [0.5, 0.6) is 5.75 Å². The number of ketones is 2. The van der Waals surface area contributed by atoms with Gasteiger partial charge in [-0.1, -0.05) is 0 Å². The number of likely N-dealkylation sites (N-methyl/N-ethyl adjacent to an activating group) is 1. The molecule has 0 spiro atoms. The zero-order chi connectivity index (χ0) is 28.5. The number of nitrogens with zero attached hydrogens (tertiary/aromatic N) is 3. The first kappa shape index (κ1) is 27.2. The standard InChI is InChI=1S/C28H36N4O7/c1-30(2)17-11-14(12-32-7-5-6-8-32)22(33)19-15(17)9-13-10-16-21(31(3)4)24(35)20(27(29)38)26(37)28(16,39)25(36)18(13)23(19)34/h11,13,16,21,33-34,37,39H,5-10,12H2,1-4H3,(H2,29,38)/t13-,16-,21-,28-/m0/s1. The average Bonchev–Trinajstić information content (AvgIpc) is 3.35. The molecule has 0 bridgehead atoms. The van der Waals surface area contributed by atoms with Crippen molar-refractivity contribution in [2.75, 3.05) is 46.2 Å². The van der Waals surface area contributed by atoms with Crippen LogP contribution in [0.25, 0.3) is 5.76 Å². The minimum Gasteiger partial charge on any atom is -0.508 e. The number of phenols is 1. The van der Waals surface area contributed by atoms with Gasteiger partial charge >= 0.3 is 0 Å². The fourth-order valence-electron chi connectivity index (χ4n) is 7.05. The van der Waals surface area contributed by atoms with Crippen LogP contribution in [0.15, 0.2) is 23.0 Å². The zero-order valence-electron chi connectivity index (χ0n) is 22.7. The van der Waals surface area contributed by atoms with Gasteiger partial charge in [0.2, 0.25) is 5.78 Å². The van der Waals surface area contributed by atoms with E-state index in [0.717, 1.165) is 31.6 Å². The number of aliphatic hydroxyl groups excluding tert-OH is 2. The molecule has 1 aliphatic heterocycles. The van der Waals surface area contributed by atoms with Gasteiger partial charge in [0.1, 0.15) is 22.8 Å². The SMILES string of the molecule is CN(C)c1cc(CN2CCCC2)c(O)c2c1C[C@H]1C[C@H]3[C@H](N(C)C)C(=O)C(C(N)=O)=C(O)[C@@]3(O)C(=O)C1=C2O. The van der Waals surface area contributed by atoms with Gasteiger partial charge < -0.3 is 31.1 Å². The summed E-state index contributed by atoms with van der Waals surface area (Å²) < 4.78 is 0. The third-order valence-corrected chi connectivity index (χ3v) is 8.85. The van der Waals surface area contributed by atoms with Crippen LogP contribution < -0.4 is 10.6 Å². The van der Waals surface area contributed by atoms with Crippen LogP contribution in [0.4, 0.5) is 5.69 Å². The highest BCUT2D eigenvalue weighted by Crippen LogP contribution is 2.54. The van der Waals surface area contributed by atoms with E-state index in [4.69, 9.17) is 5.73 Å². The van der Waals surface area contributed by atoms with Gasteiger partial charge in [0.05, 0.1) is 11.6 Å². The number of hydrogen-bond donors (Lipinski definition) is 5. The van der Waals surface area contributed by atoms with E-state index in [1.54, 1.807) is 14.1 Å². The number of likely N-dealkylation sites (tertiary alicyclic amines) is 1. The molecule has 1 saturated carbocycles. The number of phenolic OH excluding ortho intramolecular Hbond substituents is 1. The van der Waals surface area contributed by atoms with Crippen molar-refractivity contribution in [2.45, 2.75) is 43.9 Å². The summed E-state index contributed by atoms with van der Waals surface area (Å²) in [4.78, 5) is 45.0. The molecule has 1 aromatic rings. The summed E-state index contributed by atoms with van der Waals surface area (Å²) in [6.45, 7) is 2.27. The first-order chi connectivity index (χ1) is 18.3. The quantitative estimate of drug-likeness (QED) is 0.334. The lowest BCUT2D eigenvalue weighted by Gasteiger charge is -2.50. The highest BCUT2D eigenvalue weighted by molar-refractivity contribution is 6.24. The second-order valence-electron chi connectivity index (χ2n) is 11.6. The lowest BCUT2D eigenvalue weighted by atomic mass is 9.57. The van der Waals surface area contributed by atoms with E-state index in [1.807, 2.05) is 25.1 Å². The summed E-state index contributed by atoms with van der Waals surface area (Å²) in [5, 5.41) is 45.7. The molecule has 210 valence electrons. The number of primary amides is 1. The molecule has 0 radical (unpaired) electrons. The van der Waals surface area contributed by atoms with Crippen LogP contribution in [0.1, 0.15) is 36.0 Å². The second kappa shape index (κ2) is 9.35. The zero-order valence-corrected chi connectivity index (χ0v) is 22.7.